The van der Waals surface area contributed by atoms with Crippen molar-refractivity contribution < 1.29 is 14.3 Å². The quantitative estimate of drug-likeness (QED) is 0.742. The highest BCUT2D eigenvalue weighted by Crippen LogP contribution is 2.10. The first kappa shape index (κ1) is 14.5. The van der Waals surface area contributed by atoms with Gasteiger partial charge in [-0.3, -0.25) is 4.79 Å². The second kappa shape index (κ2) is 7.71. The lowest BCUT2D eigenvalue weighted by molar-refractivity contribution is -0.134. The van der Waals surface area contributed by atoms with Crippen LogP contribution in [0, 0.1) is 6.92 Å². The summed E-state index contributed by atoms with van der Waals surface area (Å²) in [6.45, 7) is 5.63. The monoisotopic (exact) mass is 251 g/mol. The smallest absolute Gasteiger partial charge is 0.248 e. The van der Waals surface area contributed by atoms with Crippen molar-refractivity contribution in [2.45, 2.75) is 13.8 Å². The van der Waals surface area contributed by atoms with Gasteiger partial charge in [0, 0.05) is 13.7 Å². The Balaban J connectivity index is 2.24. The highest BCUT2D eigenvalue weighted by molar-refractivity contribution is 5.77. The van der Waals surface area contributed by atoms with Crippen LogP contribution in [0.4, 0.5) is 0 Å². The Kier molecular flexibility index (Phi) is 6.22. The first-order valence-corrected chi connectivity index (χ1v) is 6.14. The van der Waals surface area contributed by atoms with Crippen molar-refractivity contribution >= 4 is 5.91 Å². The van der Waals surface area contributed by atoms with Gasteiger partial charge in [0.15, 0.2) is 0 Å². The Morgan fingerprint density at radius 2 is 1.94 bits per heavy atom. The van der Waals surface area contributed by atoms with E-state index in [4.69, 9.17) is 9.47 Å². The van der Waals surface area contributed by atoms with E-state index in [1.807, 2.05) is 38.1 Å². The number of aryl methyl sites for hydroxylation is 1. The fourth-order valence-electron chi connectivity index (χ4n) is 1.36. The van der Waals surface area contributed by atoms with E-state index < -0.39 is 0 Å². The molecule has 0 N–H and O–H groups in total. The van der Waals surface area contributed by atoms with Gasteiger partial charge >= 0.3 is 0 Å². The molecule has 0 aliphatic heterocycles. The molecule has 1 aromatic rings. The Labute approximate surface area is 108 Å². The Morgan fingerprint density at radius 1 is 1.28 bits per heavy atom. The number of carbonyl (C=O) groups is 1. The predicted molar refractivity (Wildman–Crippen MR) is 70.8 cm³/mol. The second-order valence-electron chi connectivity index (χ2n) is 4.11. The van der Waals surface area contributed by atoms with Crippen molar-refractivity contribution in [2.75, 3.05) is 33.4 Å². The molecule has 4 nitrogen and oxygen atoms in total. The van der Waals surface area contributed by atoms with Gasteiger partial charge in [0.25, 0.3) is 0 Å². The first-order valence-electron chi connectivity index (χ1n) is 6.14. The van der Waals surface area contributed by atoms with Crippen molar-refractivity contribution in [3.8, 4) is 5.75 Å². The van der Waals surface area contributed by atoms with Gasteiger partial charge in [-0.25, -0.2) is 0 Å². The molecule has 0 atom stereocenters. The average molecular weight is 251 g/mol. The molecule has 0 aromatic heterocycles. The summed E-state index contributed by atoms with van der Waals surface area (Å²) in [5.74, 6) is 0.801. The lowest BCUT2D eigenvalue weighted by atomic mass is 10.2. The van der Waals surface area contributed by atoms with Crippen molar-refractivity contribution in [1.29, 1.82) is 0 Å². The maximum Gasteiger partial charge on any atom is 0.248 e. The number of hydrogen-bond donors (Lipinski definition) is 0. The van der Waals surface area contributed by atoms with Crippen LogP contribution in [-0.2, 0) is 9.53 Å². The third kappa shape index (κ3) is 5.19. The zero-order valence-corrected chi connectivity index (χ0v) is 11.3. The van der Waals surface area contributed by atoms with Crippen LogP contribution in [0.1, 0.15) is 12.5 Å². The van der Waals surface area contributed by atoms with Gasteiger partial charge in [-0.1, -0.05) is 17.7 Å². The van der Waals surface area contributed by atoms with Crippen molar-refractivity contribution in [3.63, 3.8) is 0 Å². The molecular formula is C14H21NO3. The van der Waals surface area contributed by atoms with Gasteiger partial charge in [-0.15, -0.1) is 0 Å². The molecule has 4 heteroatoms. The maximum absolute atomic E-state index is 11.5. The van der Waals surface area contributed by atoms with Gasteiger partial charge in [-0.2, -0.15) is 0 Å². The highest BCUT2D eigenvalue weighted by Gasteiger charge is 2.07. The number of hydrogen-bond acceptors (Lipinski definition) is 3. The van der Waals surface area contributed by atoms with E-state index in [2.05, 4.69) is 0 Å². The van der Waals surface area contributed by atoms with Crippen LogP contribution >= 0.6 is 0 Å². The Hall–Kier alpha value is -1.55. The average Bonchev–Trinajstić information content (AvgIpc) is 2.38. The van der Waals surface area contributed by atoms with E-state index in [1.165, 1.54) is 5.56 Å². The van der Waals surface area contributed by atoms with Gasteiger partial charge in [0.1, 0.15) is 19.0 Å². The summed E-state index contributed by atoms with van der Waals surface area (Å²) in [7, 11) is 1.75. The summed E-state index contributed by atoms with van der Waals surface area (Å²) in [5, 5.41) is 0. The third-order valence-corrected chi connectivity index (χ3v) is 2.57. The van der Waals surface area contributed by atoms with E-state index in [0.29, 0.717) is 19.8 Å². The summed E-state index contributed by atoms with van der Waals surface area (Å²) in [6.07, 6.45) is 0. The lowest BCUT2D eigenvalue weighted by Gasteiger charge is -2.17. The van der Waals surface area contributed by atoms with Crippen LogP contribution in [0.5, 0.6) is 5.75 Å². The number of rotatable bonds is 7. The normalized spacial score (nSPS) is 10.2. The van der Waals surface area contributed by atoms with Crippen LogP contribution in [0.2, 0.25) is 0 Å². The minimum atomic E-state index is -0.0237. The molecule has 0 unspecified atom stereocenters. The van der Waals surface area contributed by atoms with Crippen molar-refractivity contribution in [3.05, 3.63) is 29.8 Å². The Morgan fingerprint density at radius 3 is 2.56 bits per heavy atom. The molecule has 0 radical (unpaired) electrons. The zero-order chi connectivity index (χ0) is 13.4. The second-order valence-corrected chi connectivity index (χ2v) is 4.11. The summed E-state index contributed by atoms with van der Waals surface area (Å²) < 4.78 is 10.6. The molecular weight excluding hydrogens is 230 g/mol. The van der Waals surface area contributed by atoms with Crippen LogP contribution in [0.3, 0.4) is 0 Å². The van der Waals surface area contributed by atoms with E-state index in [-0.39, 0.29) is 12.5 Å². The minimum absolute atomic E-state index is 0.0237. The lowest BCUT2D eigenvalue weighted by Crippen LogP contribution is -2.33. The summed E-state index contributed by atoms with van der Waals surface area (Å²) in [5.41, 5.74) is 1.20. The number of likely N-dealkylation sites (N-methyl/N-ethyl adjacent to an activating group) is 1. The van der Waals surface area contributed by atoms with Gasteiger partial charge in [-0.05, 0) is 26.0 Å². The summed E-state index contributed by atoms with van der Waals surface area (Å²) in [4.78, 5) is 13.1. The van der Waals surface area contributed by atoms with Crippen LogP contribution < -0.4 is 4.74 Å². The van der Waals surface area contributed by atoms with Gasteiger partial charge in [0.2, 0.25) is 5.91 Å². The number of nitrogens with zero attached hydrogens (tertiary/aromatic N) is 1. The number of benzene rings is 1. The molecule has 0 heterocycles. The van der Waals surface area contributed by atoms with Crippen LogP contribution in [0.25, 0.3) is 0 Å². The molecule has 100 valence electrons. The molecule has 18 heavy (non-hydrogen) atoms. The molecule has 0 spiro atoms. The van der Waals surface area contributed by atoms with E-state index in [9.17, 15) is 4.79 Å². The van der Waals surface area contributed by atoms with Crippen LogP contribution in [-0.4, -0.2) is 44.2 Å². The number of amides is 1. The molecule has 1 aromatic carbocycles. The molecule has 0 bridgehead atoms. The SMILES string of the molecule is CCOCC(=O)N(C)CCOc1ccc(C)cc1. The fourth-order valence-corrected chi connectivity index (χ4v) is 1.36. The molecule has 0 saturated carbocycles. The minimum Gasteiger partial charge on any atom is -0.492 e. The number of ether oxygens (including phenoxy) is 2. The fraction of sp³-hybridized carbons (Fsp3) is 0.500. The Bertz CT molecular complexity index is 362. The first-order chi connectivity index (χ1) is 8.63. The van der Waals surface area contributed by atoms with E-state index in [0.717, 1.165) is 5.75 Å². The predicted octanol–water partition coefficient (Wildman–Crippen LogP) is 1.87. The van der Waals surface area contributed by atoms with Crippen molar-refractivity contribution in [1.82, 2.24) is 4.90 Å². The molecule has 1 amide bonds. The molecule has 0 aliphatic carbocycles. The van der Waals surface area contributed by atoms with E-state index >= 15 is 0 Å². The maximum atomic E-state index is 11.5. The molecule has 1 rings (SSSR count). The summed E-state index contributed by atoms with van der Waals surface area (Å²) in [6, 6.07) is 7.85. The van der Waals surface area contributed by atoms with E-state index in [1.54, 1.807) is 11.9 Å². The number of carbonyl (C=O) groups excluding carboxylic acids is 1. The summed E-state index contributed by atoms with van der Waals surface area (Å²) >= 11 is 0. The highest BCUT2D eigenvalue weighted by atomic mass is 16.5. The van der Waals surface area contributed by atoms with Crippen LogP contribution in [0.15, 0.2) is 24.3 Å². The zero-order valence-electron chi connectivity index (χ0n) is 11.3. The van der Waals surface area contributed by atoms with Gasteiger partial charge in [0.05, 0.1) is 6.54 Å². The topological polar surface area (TPSA) is 38.8 Å². The standard InChI is InChI=1S/C14H21NO3/c1-4-17-11-14(16)15(3)9-10-18-13-7-5-12(2)6-8-13/h5-8H,4,9-11H2,1-3H3. The molecule has 0 aliphatic rings. The van der Waals surface area contributed by atoms with Crippen molar-refractivity contribution in [2.24, 2.45) is 0 Å². The molecule has 0 fully saturated rings. The molecule has 0 saturated heterocycles. The van der Waals surface area contributed by atoms with Gasteiger partial charge < -0.3 is 14.4 Å². The largest absolute Gasteiger partial charge is 0.492 e. The third-order valence-electron chi connectivity index (χ3n) is 2.57.